The summed E-state index contributed by atoms with van der Waals surface area (Å²) in [4.78, 5) is 29.7. The van der Waals surface area contributed by atoms with Gasteiger partial charge in [-0.2, -0.15) is 0 Å². The third kappa shape index (κ3) is 5.34. The molecule has 2 heterocycles. The van der Waals surface area contributed by atoms with Gasteiger partial charge in [-0.3, -0.25) is 14.6 Å². The lowest BCUT2D eigenvalue weighted by atomic mass is 9.86. The molecule has 0 saturated carbocycles. The van der Waals surface area contributed by atoms with Crippen LogP contribution in [0.5, 0.6) is 11.5 Å². The molecule has 8 nitrogen and oxygen atoms in total. The summed E-state index contributed by atoms with van der Waals surface area (Å²) in [6.07, 6.45) is 3.60. The molecule has 8 heteroatoms. The maximum atomic E-state index is 12.4. The predicted molar refractivity (Wildman–Crippen MR) is 127 cm³/mol. The highest BCUT2D eigenvalue weighted by atomic mass is 16.5. The van der Waals surface area contributed by atoms with Crippen molar-refractivity contribution < 1.29 is 14.3 Å². The van der Waals surface area contributed by atoms with Crippen LogP contribution >= 0.6 is 0 Å². The Morgan fingerprint density at radius 2 is 1.67 bits per heavy atom. The first kappa shape index (κ1) is 22.4. The SMILES string of the molecule is NC(=O)/C(C1=NCCC(C2CCN(C=O)CC2)N1)=C(/N)c1ccc(Oc2ccccc2)cc1. The van der Waals surface area contributed by atoms with E-state index >= 15 is 0 Å². The Bertz CT molecular complexity index is 1040. The molecule has 5 N–H and O–H groups in total. The number of hydrogen-bond acceptors (Lipinski definition) is 6. The van der Waals surface area contributed by atoms with E-state index in [2.05, 4.69) is 10.3 Å². The second kappa shape index (κ2) is 10.2. The summed E-state index contributed by atoms with van der Waals surface area (Å²) in [5.41, 5.74) is 13.3. The van der Waals surface area contributed by atoms with Gasteiger partial charge >= 0.3 is 0 Å². The molecule has 2 aromatic carbocycles. The number of benzene rings is 2. The van der Waals surface area contributed by atoms with E-state index in [9.17, 15) is 9.59 Å². The molecule has 1 fully saturated rings. The number of carbonyl (C=O) groups is 2. The number of rotatable bonds is 7. The Labute approximate surface area is 193 Å². The number of nitrogens with one attached hydrogen (secondary N) is 1. The van der Waals surface area contributed by atoms with Gasteiger partial charge in [0.1, 0.15) is 22.9 Å². The molecule has 1 unspecified atom stereocenters. The monoisotopic (exact) mass is 447 g/mol. The average Bonchev–Trinajstić information content (AvgIpc) is 2.85. The van der Waals surface area contributed by atoms with Gasteiger partial charge in [0, 0.05) is 25.7 Å². The molecule has 1 saturated heterocycles. The number of primary amides is 1. The van der Waals surface area contributed by atoms with Crippen molar-refractivity contribution in [2.75, 3.05) is 19.6 Å². The van der Waals surface area contributed by atoms with E-state index in [0.717, 1.165) is 44.5 Å². The lowest BCUT2D eigenvalue weighted by Gasteiger charge is -2.37. The van der Waals surface area contributed by atoms with E-state index in [4.69, 9.17) is 16.2 Å². The Morgan fingerprint density at radius 3 is 2.30 bits per heavy atom. The van der Waals surface area contributed by atoms with E-state index in [1.165, 1.54) is 0 Å². The highest BCUT2D eigenvalue weighted by molar-refractivity contribution is 6.25. The topological polar surface area (TPSA) is 123 Å². The molecule has 4 rings (SSSR count). The van der Waals surface area contributed by atoms with Crippen molar-refractivity contribution in [2.24, 2.45) is 22.4 Å². The zero-order chi connectivity index (χ0) is 23.2. The average molecular weight is 448 g/mol. The van der Waals surface area contributed by atoms with Crippen LogP contribution in [0.2, 0.25) is 0 Å². The minimum Gasteiger partial charge on any atom is -0.457 e. The fraction of sp³-hybridized carbons (Fsp3) is 0.320. The molecule has 2 aliphatic heterocycles. The zero-order valence-corrected chi connectivity index (χ0v) is 18.4. The Kier molecular flexibility index (Phi) is 6.92. The van der Waals surface area contributed by atoms with Gasteiger partial charge in [0.2, 0.25) is 6.41 Å². The standard InChI is InChI=1S/C25H29N5O3/c26-23(18-6-8-20(9-7-18)33-19-4-2-1-3-5-19)22(24(27)32)25-28-13-10-21(29-25)17-11-14-30(16-31)15-12-17/h1-9,16-17,21H,10-15,26H2,(H2,27,32)(H,28,29)/b23-22-. The number of likely N-dealkylation sites (tertiary alicyclic amines) is 1. The Morgan fingerprint density at radius 1 is 1.00 bits per heavy atom. The summed E-state index contributed by atoms with van der Waals surface area (Å²) in [6.45, 7) is 2.09. The normalized spacial score (nSPS) is 19.7. The third-order valence-corrected chi connectivity index (χ3v) is 6.22. The van der Waals surface area contributed by atoms with Crippen LogP contribution < -0.4 is 21.5 Å². The first-order chi connectivity index (χ1) is 16.0. The number of piperidine rings is 1. The summed E-state index contributed by atoms with van der Waals surface area (Å²) < 4.78 is 5.82. The van der Waals surface area contributed by atoms with Crippen molar-refractivity contribution in [1.29, 1.82) is 0 Å². The highest BCUT2D eigenvalue weighted by Gasteiger charge is 2.31. The molecule has 0 radical (unpaired) electrons. The van der Waals surface area contributed by atoms with Gasteiger partial charge in [-0.15, -0.1) is 0 Å². The second-order valence-corrected chi connectivity index (χ2v) is 8.34. The molecule has 0 aliphatic carbocycles. The van der Waals surface area contributed by atoms with Crippen molar-refractivity contribution in [3.05, 3.63) is 65.7 Å². The smallest absolute Gasteiger partial charge is 0.254 e. The van der Waals surface area contributed by atoms with Crippen LogP contribution in [0.3, 0.4) is 0 Å². The van der Waals surface area contributed by atoms with Gasteiger partial charge < -0.3 is 26.4 Å². The molecular weight excluding hydrogens is 418 g/mol. The minimum absolute atomic E-state index is 0.162. The lowest BCUT2D eigenvalue weighted by molar-refractivity contribution is -0.119. The lowest BCUT2D eigenvalue weighted by Crippen LogP contribution is -2.49. The van der Waals surface area contributed by atoms with Crippen molar-refractivity contribution in [1.82, 2.24) is 10.2 Å². The molecule has 1 atom stereocenters. The number of amidine groups is 1. The van der Waals surface area contributed by atoms with Gasteiger partial charge in [-0.1, -0.05) is 18.2 Å². The molecule has 172 valence electrons. The Balaban J connectivity index is 1.50. The first-order valence-electron chi connectivity index (χ1n) is 11.2. The maximum Gasteiger partial charge on any atom is 0.254 e. The van der Waals surface area contributed by atoms with Crippen molar-refractivity contribution >= 4 is 23.8 Å². The number of para-hydroxylation sites is 1. The van der Waals surface area contributed by atoms with Crippen LogP contribution in [-0.4, -0.2) is 48.7 Å². The molecule has 0 bridgehead atoms. The number of nitrogens with two attached hydrogens (primary N) is 2. The zero-order valence-electron chi connectivity index (χ0n) is 18.4. The van der Waals surface area contributed by atoms with E-state index in [1.54, 1.807) is 29.2 Å². The summed E-state index contributed by atoms with van der Waals surface area (Å²) in [5.74, 6) is 1.61. The van der Waals surface area contributed by atoms with E-state index in [0.29, 0.717) is 29.6 Å². The molecule has 0 spiro atoms. The third-order valence-electron chi connectivity index (χ3n) is 6.22. The summed E-state index contributed by atoms with van der Waals surface area (Å²) in [7, 11) is 0. The number of carbonyl (C=O) groups excluding carboxylic acids is 2. The number of nitrogens with zero attached hydrogens (tertiary/aromatic N) is 2. The summed E-state index contributed by atoms with van der Waals surface area (Å²) in [5, 5.41) is 3.41. The van der Waals surface area contributed by atoms with Gasteiger partial charge in [0.25, 0.3) is 5.91 Å². The number of amides is 2. The molecular formula is C25H29N5O3. The van der Waals surface area contributed by atoms with Gasteiger partial charge in [-0.25, -0.2) is 0 Å². The van der Waals surface area contributed by atoms with Crippen LogP contribution in [0.15, 0.2) is 65.2 Å². The van der Waals surface area contributed by atoms with E-state index in [1.807, 2.05) is 30.3 Å². The molecule has 33 heavy (non-hydrogen) atoms. The summed E-state index contributed by atoms with van der Waals surface area (Å²) >= 11 is 0. The highest BCUT2D eigenvalue weighted by Crippen LogP contribution is 2.26. The fourth-order valence-electron chi connectivity index (χ4n) is 4.39. The van der Waals surface area contributed by atoms with Gasteiger partial charge in [-0.05, 0) is 67.1 Å². The number of ether oxygens (including phenoxy) is 1. The predicted octanol–water partition coefficient (Wildman–Crippen LogP) is 2.26. The first-order valence-corrected chi connectivity index (χ1v) is 11.2. The second-order valence-electron chi connectivity index (χ2n) is 8.34. The Hall–Kier alpha value is -3.81. The van der Waals surface area contributed by atoms with E-state index < -0.39 is 5.91 Å². The van der Waals surface area contributed by atoms with Crippen LogP contribution in [0, 0.1) is 5.92 Å². The minimum atomic E-state index is -0.625. The largest absolute Gasteiger partial charge is 0.457 e. The molecule has 2 aromatic rings. The number of aliphatic imine (C=N–C) groups is 1. The van der Waals surface area contributed by atoms with Crippen LogP contribution in [-0.2, 0) is 9.59 Å². The molecule has 2 aliphatic rings. The number of hydrogen-bond donors (Lipinski definition) is 3. The van der Waals surface area contributed by atoms with Gasteiger partial charge in [0.05, 0.1) is 5.70 Å². The molecule has 2 amide bonds. The van der Waals surface area contributed by atoms with Crippen LogP contribution in [0.4, 0.5) is 0 Å². The van der Waals surface area contributed by atoms with Crippen molar-refractivity contribution in [3.63, 3.8) is 0 Å². The van der Waals surface area contributed by atoms with E-state index in [-0.39, 0.29) is 17.3 Å². The maximum absolute atomic E-state index is 12.4. The quantitative estimate of drug-likeness (QED) is 0.444. The van der Waals surface area contributed by atoms with Gasteiger partial charge in [0.15, 0.2) is 0 Å². The fourth-order valence-corrected chi connectivity index (χ4v) is 4.39. The van der Waals surface area contributed by atoms with Crippen molar-refractivity contribution in [3.8, 4) is 11.5 Å². The van der Waals surface area contributed by atoms with Crippen LogP contribution in [0.25, 0.3) is 5.70 Å². The van der Waals surface area contributed by atoms with Crippen molar-refractivity contribution in [2.45, 2.75) is 25.3 Å². The van der Waals surface area contributed by atoms with Crippen LogP contribution in [0.1, 0.15) is 24.8 Å². The molecule has 0 aromatic heterocycles. The summed E-state index contributed by atoms with van der Waals surface area (Å²) in [6, 6.07) is 16.8.